The van der Waals surface area contributed by atoms with Gasteiger partial charge in [0, 0.05) is 11.9 Å². The molecule has 0 aliphatic carbocycles. The first-order valence-electron chi connectivity index (χ1n) is 8.92. The maximum Gasteiger partial charge on any atom is 0.260 e. The Kier molecular flexibility index (Phi) is 4.53. The molecular formula is C22H19N3O3. The first-order valence-corrected chi connectivity index (χ1v) is 8.92. The maximum atomic E-state index is 12.9. The van der Waals surface area contributed by atoms with E-state index in [0.717, 1.165) is 5.56 Å². The monoisotopic (exact) mass is 373 g/mol. The van der Waals surface area contributed by atoms with Gasteiger partial charge in [-0.15, -0.1) is 0 Å². The van der Waals surface area contributed by atoms with E-state index in [2.05, 4.69) is 10.3 Å². The number of hydrogen-bond donors (Lipinski definition) is 1. The number of furan rings is 1. The topological polar surface area (TPSA) is 77.1 Å². The van der Waals surface area contributed by atoms with Crippen LogP contribution in [0.5, 0.6) is 0 Å². The fraction of sp³-hybridized carbons (Fsp3) is 0.136. The van der Waals surface area contributed by atoms with Crippen molar-refractivity contribution in [3.63, 3.8) is 0 Å². The van der Waals surface area contributed by atoms with Crippen LogP contribution in [0.1, 0.15) is 27.4 Å². The fourth-order valence-corrected chi connectivity index (χ4v) is 3.15. The summed E-state index contributed by atoms with van der Waals surface area (Å²) in [6.45, 7) is 4.04. The minimum atomic E-state index is -0.293. The molecule has 0 spiro atoms. The predicted octanol–water partition coefficient (Wildman–Crippen LogP) is 3.91. The summed E-state index contributed by atoms with van der Waals surface area (Å²) in [6, 6.07) is 14.5. The molecule has 6 nitrogen and oxygen atoms in total. The Balaban J connectivity index is 1.72. The van der Waals surface area contributed by atoms with Crippen molar-refractivity contribution < 1.29 is 9.21 Å². The average molecular weight is 373 g/mol. The number of hydrogen-bond acceptors (Lipinski definition) is 4. The van der Waals surface area contributed by atoms with E-state index in [0.29, 0.717) is 40.2 Å². The maximum absolute atomic E-state index is 12.9. The van der Waals surface area contributed by atoms with Gasteiger partial charge in [-0.2, -0.15) is 0 Å². The van der Waals surface area contributed by atoms with Gasteiger partial charge in [0.1, 0.15) is 5.76 Å². The summed E-state index contributed by atoms with van der Waals surface area (Å²) < 4.78 is 6.86. The molecule has 0 saturated heterocycles. The van der Waals surface area contributed by atoms with Crippen molar-refractivity contribution in [2.75, 3.05) is 5.32 Å². The van der Waals surface area contributed by atoms with Gasteiger partial charge in [-0.05, 0) is 55.8 Å². The second-order valence-electron chi connectivity index (χ2n) is 6.71. The van der Waals surface area contributed by atoms with Crippen molar-refractivity contribution in [3.05, 3.63) is 93.9 Å². The third kappa shape index (κ3) is 3.44. The van der Waals surface area contributed by atoms with Gasteiger partial charge in [0.15, 0.2) is 0 Å². The van der Waals surface area contributed by atoms with Crippen molar-refractivity contribution >= 4 is 22.5 Å². The number of nitrogens with zero attached hydrogens (tertiary/aromatic N) is 2. The van der Waals surface area contributed by atoms with Crippen LogP contribution in [0.15, 0.2) is 70.2 Å². The summed E-state index contributed by atoms with van der Waals surface area (Å²) >= 11 is 0. The van der Waals surface area contributed by atoms with E-state index in [9.17, 15) is 9.59 Å². The van der Waals surface area contributed by atoms with Gasteiger partial charge >= 0.3 is 0 Å². The molecule has 0 aliphatic heterocycles. The third-order valence-electron chi connectivity index (χ3n) is 4.57. The highest BCUT2D eigenvalue weighted by Crippen LogP contribution is 2.17. The molecular weight excluding hydrogens is 354 g/mol. The smallest absolute Gasteiger partial charge is 0.260 e. The molecule has 1 aromatic carbocycles. The van der Waals surface area contributed by atoms with Crippen LogP contribution >= 0.6 is 0 Å². The zero-order valence-corrected chi connectivity index (χ0v) is 15.6. The zero-order chi connectivity index (χ0) is 19.7. The van der Waals surface area contributed by atoms with Crippen LogP contribution in [0, 0.1) is 13.8 Å². The Bertz CT molecular complexity index is 1220. The highest BCUT2D eigenvalue weighted by atomic mass is 16.3. The van der Waals surface area contributed by atoms with Crippen LogP contribution in [0.4, 0.5) is 5.69 Å². The summed E-state index contributed by atoms with van der Waals surface area (Å²) in [5, 5.41) is 3.27. The van der Waals surface area contributed by atoms with Gasteiger partial charge in [0.25, 0.3) is 11.5 Å². The number of amides is 1. The van der Waals surface area contributed by atoms with E-state index >= 15 is 0 Å². The van der Waals surface area contributed by atoms with Crippen LogP contribution in [-0.4, -0.2) is 15.5 Å². The van der Waals surface area contributed by atoms with Crippen molar-refractivity contribution in [2.24, 2.45) is 0 Å². The Labute approximate surface area is 161 Å². The molecule has 0 fully saturated rings. The second-order valence-corrected chi connectivity index (χ2v) is 6.71. The molecule has 6 heteroatoms. The van der Waals surface area contributed by atoms with Crippen molar-refractivity contribution in [1.82, 2.24) is 9.55 Å². The molecule has 0 bridgehead atoms. The number of pyridine rings is 2. The summed E-state index contributed by atoms with van der Waals surface area (Å²) in [7, 11) is 0. The number of rotatable bonds is 4. The highest BCUT2D eigenvalue weighted by molar-refractivity contribution is 6.06. The van der Waals surface area contributed by atoms with E-state index in [-0.39, 0.29) is 11.5 Å². The van der Waals surface area contributed by atoms with E-state index in [4.69, 9.17) is 4.42 Å². The summed E-state index contributed by atoms with van der Waals surface area (Å²) in [5.74, 6) is 0.386. The number of aryl methyl sites for hydroxylation is 2. The molecule has 28 heavy (non-hydrogen) atoms. The third-order valence-corrected chi connectivity index (χ3v) is 4.57. The van der Waals surface area contributed by atoms with Crippen LogP contribution in [0.3, 0.4) is 0 Å². The first-order chi connectivity index (χ1) is 13.5. The first kappa shape index (κ1) is 17.7. The molecule has 0 aliphatic rings. The standard InChI is InChI=1S/C22H19N3O3/c1-14-5-3-6-16(11-14)24-21(26)18-12-19-20(23-15(18)2)8-9-25(22(19)27)13-17-7-4-10-28-17/h3-12H,13H2,1-2H3,(H,24,26). The number of carbonyl (C=O) groups is 1. The van der Waals surface area contributed by atoms with E-state index in [1.54, 1.807) is 42.1 Å². The van der Waals surface area contributed by atoms with Gasteiger partial charge in [-0.3, -0.25) is 14.6 Å². The van der Waals surface area contributed by atoms with Gasteiger partial charge in [0.05, 0.1) is 35.0 Å². The lowest BCUT2D eigenvalue weighted by Crippen LogP contribution is -2.21. The molecule has 1 amide bonds. The molecule has 140 valence electrons. The van der Waals surface area contributed by atoms with Gasteiger partial charge < -0.3 is 14.3 Å². The lowest BCUT2D eigenvalue weighted by molar-refractivity contribution is 0.102. The number of benzene rings is 1. The SMILES string of the molecule is Cc1cccc(NC(=O)c2cc3c(=O)n(Cc4ccco4)ccc3nc2C)c1. The van der Waals surface area contributed by atoms with Crippen LogP contribution < -0.4 is 10.9 Å². The van der Waals surface area contributed by atoms with Crippen molar-refractivity contribution in [3.8, 4) is 0 Å². The Hall–Kier alpha value is -3.67. The second kappa shape index (κ2) is 7.15. The largest absolute Gasteiger partial charge is 0.467 e. The Morgan fingerprint density at radius 1 is 1.14 bits per heavy atom. The minimum absolute atomic E-state index is 0.217. The number of aromatic nitrogens is 2. The number of fused-ring (bicyclic) bond motifs is 1. The van der Waals surface area contributed by atoms with E-state index < -0.39 is 0 Å². The molecule has 0 radical (unpaired) electrons. The molecule has 3 aromatic heterocycles. The van der Waals surface area contributed by atoms with Gasteiger partial charge in [0.2, 0.25) is 0 Å². The molecule has 3 heterocycles. The van der Waals surface area contributed by atoms with Crippen LogP contribution in [-0.2, 0) is 6.54 Å². The van der Waals surface area contributed by atoms with E-state index in [1.807, 2.05) is 37.3 Å². The molecule has 0 unspecified atom stereocenters. The van der Waals surface area contributed by atoms with Gasteiger partial charge in [-0.1, -0.05) is 12.1 Å². The molecule has 4 aromatic rings. The summed E-state index contributed by atoms with van der Waals surface area (Å²) in [4.78, 5) is 30.1. The van der Waals surface area contributed by atoms with Crippen molar-refractivity contribution in [2.45, 2.75) is 20.4 Å². The molecule has 0 atom stereocenters. The fourth-order valence-electron chi connectivity index (χ4n) is 3.15. The predicted molar refractivity (Wildman–Crippen MR) is 108 cm³/mol. The summed E-state index contributed by atoms with van der Waals surface area (Å²) in [5.41, 5.74) is 3.04. The van der Waals surface area contributed by atoms with Crippen LogP contribution in [0.25, 0.3) is 10.9 Å². The molecule has 1 N–H and O–H groups in total. The van der Waals surface area contributed by atoms with Crippen molar-refractivity contribution in [1.29, 1.82) is 0 Å². The lowest BCUT2D eigenvalue weighted by atomic mass is 10.1. The minimum Gasteiger partial charge on any atom is -0.467 e. The zero-order valence-electron chi connectivity index (χ0n) is 15.6. The highest BCUT2D eigenvalue weighted by Gasteiger charge is 2.15. The summed E-state index contributed by atoms with van der Waals surface area (Å²) in [6.07, 6.45) is 3.26. The van der Waals surface area contributed by atoms with Crippen LogP contribution in [0.2, 0.25) is 0 Å². The Morgan fingerprint density at radius 2 is 2.00 bits per heavy atom. The number of anilines is 1. The number of carbonyl (C=O) groups excluding carboxylic acids is 1. The molecule has 4 rings (SSSR count). The molecule has 0 saturated carbocycles. The lowest BCUT2D eigenvalue weighted by Gasteiger charge is -2.10. The van der Waals surface area contributed by atoms with E-state index in [1.165, 1.54) is 0 Å². The Morgan fingerprint density at radius 3 is 2.75 bits per heavy atom. The normalized spacial score (nSPS) is 10.9. The quantitative estimate of drug-likeness (QED) is 0.588. The number of nitrogens with one attached hydrogen (secondary N) is 1. The average Bonchev–Trinajstić information content (AvgIpc) is 3.17. The van der Waals surface area contributed by atoms with Gasteiger partial charge in [-0.25, -0.2) is 0 Å².